The summed E-state index contributed by atoms with van der Waals surface area (Å²) in [6.07, 6.45) is 1.52. The molecule has 1 aromatic heterocycles. The Morgan fingerprint density at radius 2 is 2.62 bits per heavy atom. The summed E-state index contributed by atoms with van der Waals surface area (Å²) in [5.74, 6) is -0.373. The Kier molecular flexibility index (Phi) is 3.41. The highest BCUT2D eigenvalue weighted by Crippen LogP contribution is 1.94. The molecule has 0 saturated heterocycles. The Morgan fingerprint density at radius 3 is 3.15 bits per heavy atom. The van der Waals surface area contributed by atoms with Gasteiger partial charge in [0.05, 0.1) is 12.7 Å². The van der Waals surface area contributed by atoms with E-state index in [-0.39, 0.29) is 6.54 Å². The Bertz CT molecular complexity index is 260. The lowest BCUT2D eigenvalue weighted by Crippen LogP contribution is -2.39. The van der Waals surface area contributed by atoms with Crippen LogP contribution in [-0.2, 0) is 11.3 Å². The summed E-state index contributed by atoms with van der Waals surface area (Å²) in [5, 5.41) is 14.8. The fourth-order valence-corrected chi connectivity index (χ4v) is 0.771. The third-order valence-corrected chi connectivity index (χ3v) is 1.47. The molecule has 72 valence electrons. The zero-order valence-corrected chi connectivity index (χ0v) is 6.93. The zero-order chi connectivity index (χ0) is 9.68. The third-order valence-electron chi connectivity index (χ3n) is 1.47. The molecule has 4 N–H and O–H groups in total. The van der Waals surface area contributed by atoms with Crippen molar-refractivity contribution in [2.45, 2.75) is 12.6 Å². The van der Waals surface area contributed by atoms with Crippen LogP contribution in [0.4, 0.5) is 0 Å². The van der Waals surface area contributed by atoms with Gasteiger partial charge in [-0.05, 0) is 0 Å². The van der Waals surface area contributed by atoms with E-state index in [9.17, 15) is 4.79 Å². The van der Waals surface area contributed by atoms with Gasteiger partial charge in [-0.15, -0.1) is 0 Å². The van der Waals surface area contributed by atoms with Crippen LogP contribution in [0.2, 0.25) is 0 Å². The third kappa shape index (κ3) is 3.22. The van der Waals surface area contributed by atoms with Crippen LogP contribution in [0.5, 0.6) is 0 Å². The molecule has 1 aromatic rings. The maximum atomic E-state index is 10.3. The van der Waals surface area contributed by atoms with Gasteiger partial charge in [0.2, 0.25) is 0 Å². The number of carbonyl (C=O) groups is 1. The van der Waals surface area contributed by atoms with E-state index in [1.54, 1.807) is 6.07 Å². The summed E-state index contributed by atoms with van der Waals surface area (Å²) in [6, 6.07) is 0.808. The quantitative estimate of drug-likeness (QED) is 0.553. The Hall–Kier alpha value is -1.40. The molecule has 0 spiro atoms. The molecule has 0 aromatic carbocycles. The second kappa shape index (κ2) is 4.58. The van der Waals surface area contributed by atoms with E-state index in [4.69, 9.17) is 15.4 Å². The lowest BCUT2D eigenvalue weighted by Gasteiger charge is -2.05. The van der Waals surface area contributed by atoms with E-state index in [2.05, 4.69) is 10.5 Å². The van der Waals surface area contributed by atoms with Crippen molar-refractivity contribution in [2.75, 3.05) is 6.54 Å². The molecule has 6 heteroatoms. The van der Waals surface area contributed by atoms with Crippen LogP contribution in [0, 0.1) is 0 Å². The van der Waals surface area contributed by atoms with Crippen molar-refractivity contribution in [1.82, 2.24) is 10.5 Å². The van der Waals surface area contributed by atoms with Gasteiger partial charge in [0, 0.05) is 12.6 Å². The van der Waals surface area contributed by atoms with Crippen molar-refractivity contribution >= 4 is 5.97 Å². The van der Waals surface area contributed by atoms with Gasteiger partial charge in [-0.2, -0.15) is 0 Å². The molecule has 0 aliphatic rings. The van der Waals surface area contributed by atoms with E-state index >= 15 is 0 Å². The fraction of sp³-hybridized carbons (Fsp3) is 0.429. The number of aliphatic carboxylic acids is 1. The lowest BCUT2D eigenvalue weighted by atomic mass is 10.3. The summed E-state index contributed by atoms with van der Waals surface area (Å²) in [4.78, 5) is 10.3. The zero-order valence-electron chi connectivity index (χ0n) is 6.93. The predicted molar refractivity (Wildman–Crippen MR) is 43.8 cm³/mol. The van der Waals surface area contributed by atoms with Gasteiger partial charge in [0.1, 0.15) is 11.8 Å². The van der Waals surface area contributed by atoms with E-state index in [1.165, 1.54) is 6.20 Å². The van der Waals surface area contributed by atoms with Crippen LogP contribution in [0.3, 0.4) is 0 Å². The first kappa shape index (κ1) is 9.69. The average molecular weight is 185 g/mol. The monoisotopic (exact) mass is 185 g/mol. The van der Waals surface area contributed by atoms with Crippen molar-refractivity contribution in [3.63, 3.8) is 0 Å². The van der Waals surface area contributed by atoms with Gasteiger partial charge in [-0.25, -0.2) is 0 Å². The van der Waals surface area contributed by atoms with Gasteiger partial charge in [-0.1, -0.05) is 5.16 Å². The van der Waals surface area contributed by atoms with Crippen LogP contribution in [0.25, 0.3) is 0 Å². The topological polar surface area (TPSA) is 101 Å². The minimum Gasteiger partial charge on any atom is -0.480 e. The number of nitrogens with two attached hydrogens (primary N) is 1. The van der Waals surface area contributed by atoms with Crippen LogP contribution >= 0.6 is 0 Å². The van der Waals surface area contributed by atoms with Gasteiger partial charge in [0.15, 0.2) is 0 Å². The molecule has 1 unspecified atom stereocenters. The first-order valence-corrected chi connectivity index (χ1v) is 3.79. The highest BCUT2D eigenvalue weighted by atomic mass is 16.5. The number of carboxylic acid groups (broad SMARTS) is 1. The number of nitrogens with one attached hydrogen (secondary N) is 1. The van der Waals surface area contributed by atoms with Crippen LogP contribution in [-0.4, -0.2) is 28.8 Å². The van der Waals surface area contributed by atoms with Crippen LogP contribution in [0.1, 0.15) is 5.76 Å². The van der Waals surface area contributed by atoms with Gasteiger partial charge >= 0.3 is 5.97 Å². The van der Waals surface area contributed by atoms with Gasteiger partial charge < -0.3 is 20.7 Å². The van der Waals surface area contributed by atoms with Gasteiger partial charge in [-0.3, -0.25) is 4.79 Å². The number of rotatable bonds is 5. The van der Waals surface area contributed by atoms with E-state index in [0.717, 1.165) is 0 Å². The van der Waals surface area contributed by atoms with Crippen molar-refractivity contribution < 1.29 is 14.4 Å². The summed E-state index contributed by atoms with van der Waals surface area (Å²) in [7, 11) is 0. The number of hydrogen-bond donors (Lipinski definition) is 3. The maximum Gasteiger partial charge on any atom is 0.321 e. The standard InChI is InChI=1S/C7H11N3O3/c8-6(7(11)12)4-9-3-5-1-2-10-13-5/h1-2,6,9H,3-4,8H2,(H,11,12). The number of aromatic nitrogens is 1. The lowest BCUT2D eigenvalue weighted by molar-refractivity contribution is -0.138. The summed E-state index contributed by atoms with van der Waals surface area (Å²) in [6.45, 7) is 0.636. The minimum absolute atomic E-state index is 0.204. The predicted octanol–water partition coefficient (Wildman–Crippen LogP) is -0.824. The molecular weight excluding hydrogens is 174 g/mol. The summed E-state index contributed by atoms with van der Waals surface area (Å²) < 4.78 is 4.78. The Morgan fingerprint density at radius 1 is 1.85 bits per heavy atom. The van der Waals surface area contributed by atoms with Crippen LogP contribution in [0.15, 0.2) is 16.8 Å². The number of nitrogens with zero attached hydrogens (tertiary/aromatic N) is 1. The molecule has 1 rings (SSSR count). The molecule has 1 heterocycles. The summed E-state index contributed by atoms with van der Waals surface area (Å²) in [5.41, 5.74) is 5.25. The molecule has 0 amide bonds. The van der Waals surface area contributed by atoms with Crippen molar-refractivity contribution in [3.8, 4) is 0 Å². The molecule has 13 heavy (non-hydrogen) atoms. The molecule has 0 fully saturated rings. The Balaban J connectivity index is 2.18. The smallest absolute Gasteiger partial charge is 0.321 e. The molecule has 0 radical (unpaired) electrons. The molecule has 1 atom stereocenters. The van der Waals surface area contributed by atoms with E-state index in [0.29, 0.717) is 12.3 Å². The Labute approximate surface area is 74.7 Å². The normalized spacial score (nSPS) is 12.7. The first-order chi connectivity index (χ1) is 6.20. The molecular formula is C7H11N3O3. The van der Waals surface area contributed by atoms with Crippen LogP contribution < -0.4 is 11.1 Å². The number of hydrogen-bond acceptors (Lipinski definition) is 5. The molecule has 0 aliphatic carbocycles. The number of carboxylic acids is 1. The highest BCUT2D eigenvalue weighted by molar-refractivity contribution is 5.73. The fourth-order valence-electron chi connectivity index (χ4n) is 0.771. The van der Waals surface area contributed by atoms with E-state index < -0.39 is 12.0 Å². The molecule has 0 saturated carbocycles. The maximum absolute atomic E-state index is 10.3. The molecule has 6 nitrogen and oxygen atoms in total. The second-order valence-electron chi connectivity index (χ2n) is 2.55. The first-order valence-electron chi connectivity index (χ1n) is 3.79. The van der Waals surface area contributed by atoms with Crippen molar-refractivity contribution in [2.24, 2.45) is 5.73 Å². The average Bonchev–Trinajstić information content (AvgIpc) is 2.56. The van der Waals surface area contributed by atoms with Crippen molar-refractivity contribution in [3.05, 3.63) is 18.0 Å². The second-order valence-corrected chi connectivity index (χ2v) is 2.55. The SMILES string of the molecule is NC(CNCc1ccno1)C(=O)O. The van der Waals surface area contributed by atoms with Crippen molar-refractivity contribution in [1.29, 1.82) is 0 Å². The molecule has 0 bridgehead atoms. The largest absolute Gasteiger partial charge is 0.480 e. The highest BCUT2D eigenvalue weighted by Gasteiger charge is 2.10. The summed E-state index contributed by atoms with van der Waals surface area (Å²) >= 11 is 0. The minimum atomic E-state index is -1.02. The van der Waals surface area contributed by atoms with E-state index in [1.807, 2.05) is 0 Å². The van der Waals surface area contributed by atoms with Gasteiger partial charge in [0.25, 0.3) is 0 Å². The molecule has 0 aliphatic heterocycles.